The number of nitrogens with one attached hydrogen (secondary N) is 1. The van der Waals surface area contributed by atoms with Crippen molar-refractivity contribution in [2.24, 2.45) is 0 Å². The first kappa shape index (κ1) is 16.2. The van der Waals surface area contributed by atoms with Crippen LogP contribution in [0.15, 0.2) is 38.6 Å². The predicted molar refractivity (Wildman–Crippen MR) is 92.1 cm³/mol. The highest BCUT2D eigenvalue weighted by molar-refractivity contribution is 9.13. The Morgan fingerprint density at radius 2 is 1.76 bits per heavy atom. The summed E-state index contributed by atoms with van der Waals surface area (Å²) < 4.78 is 1.73. The number of benzene rings is 1. The zero-order valence-corrected chi connectivity index (χ0v) is 15.3. The minimum absolute atomic E-state index is 0.0704. The van der Waals surface area contributed by atoms with E-state index in [0.717, 1.165) is 8.26 Å². The molecule has 1 aromatic carbocycles. The van der Waals surface area contributed by atoms with Crippen molar-refractivity contribution < 1.29 is 9.59 Å². The van der Waals surface area contributed by atoms with Gasteiger partial charge in [0.05, 0.1) is 8.66 Å². The molecule has 0 unspecified atom stereocenters. The van der Waals surface area contributed by atoms with E-state index in [1.165, 1.54) is 16.2 Å². The highest BCUT2D eigenvalue weighted by atomic mass is 79.9. The third kappa shape index (κ3) is 3.93. The van der Waals surface area contributed by atoms with Gasteiger partial charge in [0.1, 0.15) is 0 Å². The van der Waals surface area contributed by atoms with E-state index < -0.39 is 0 Å². The number of carbonyl (C=O) groups excluding carboxylic acids is 2. The minimum Gasteiger partial charge on any atom is -0.345 e. The molecule has 1 aromatic heterocycles. The van der Waals surface area contributed by atoms with Crippen LogP contribution in [0.1, 0.15) is 20.0 Å². The van der Waals surface area contributed by atoms with Crippen molar-refractivity contribution in [3.05, 3.63) is 49.0 Å². The summed E-state index contributed by atoms with van der Waals surface area (Å²) >= 11 is 8.06. The number of amides is 2. The number of hydrogen-bond donors (Lipinski definition) is 1. The summed E-state index contributed by atoms with van der Waals surface area (Å²) in [5.74, 6) is -0.253. The van der Waals surface area contributed by atoms with Gasteiger partial charge in [-0.05, 0) is 62.2 Å². The second-order valence-corrected chi connectivity index (χ2v) is 7.69. The molecule has 21 heavy (non-hydrogen) atoms. The topological polar surface area (TPSA) is 49.4 Å². The van der Waals surface area contributed by atoms with Gasteiger partial charge < -0.3 is 10.2 Å². The third-order valence-corrected chi connectivity index (χ3v) is 5.92. The van der Waals surface area contributed by atoms with Crippen LogP contribution in [0.2, 0.25) is 0 Å². The number of thiophene rings is 1. The van der Waals surface area contributed by atoms with Crippen LogP contribution in [-0.2, 0) is 0 Å². The van der Waals surface area contributed by atoms with Crippen LogP contribution in [0, 0.1) is 0 Å². The number of halogens is 2. The summed E-state index contributed by atoms with van der Waals surface area (Å²) in [5.41, 5.74) is 1.23. The number of rotatable bonds is 3. The molecule has 0 atom stereocenters. The van der Waals surface area contributed by atoms with Gasteiger partial charge in [-0.25, -0.2) is 0 Å². The van der Waals surface area contributed by atoms with Crippen molar-refractivity contribution in [3.8, 4) is 0 Å². The van der Waals surface area contributed by atoms with E-state index in [4.69, 9.17) is 0 Å². The van der Waals surface area contributed by atoms with Gasteiger partial charge in [0.25, 0.3) is 11.8 Å². The van der Waals surface area contributed by atoms with Gasteiger partial charge in [0, 0.05) is 29.8 Å². The highest BCUT2D eigenvalue weighted by Crippen LogP contribution is 2.32. The Balaban J connectivity index is 2.10. The van der Waals surface area contributed by atoms with E-state index in [-0.39, 0.29) is 11.8 Å². The first-order valence-corrected chi connectivity index (χ1v) is 8.36. The van der Waals surface area contributed by atoms with Gasteiger partial charge in [-0.2, -0.15) is 0 Å². The smallest absolute Gasteiger partial charge is 0.265 e. The van der Waals surface area contributed by atoms with Gasteiger partial charge in [0.2, 0.25) is 0 Å². The molecule has 1 N–H and O–H groups in total. The first-order chi connectivity index (χ1) is 9.88. The summed E-state index contributed by atoms with van der Waals surface area (Å²) in [4.78, 5) is 26.0. The monoisotopic (exact) mass is 430 g/mol. The Bertz CT molecular complexity index is 661. The highest BCUT2D eigenvalue weighted by Gasteiger charge is 2.13. The summed E-state index contributed by atoms with van der Waals surface area (Å²) in [6.45, 7) is 0. The fourth-order valence-corrected chi connectivity index (χ4v) is 3.54. The summed E-state index contributed by atoms with van der Waals surface area (Å²) in [5, 5.41) is 2.80. The lowest BCUT2D eigenvalue weighted by Crippen LogP contribution is -2.21. The van der Waals surface area contributed by atoms with Crippen LogP contribution >= 0.6 is 43.2 Å². The molecule has 0 aliphatic rings. The van der Waals surface area contributed by atoms with Gasteiger partial charge in [0.15, 0.2) is 0 Å². The van der Waals surface area contributed by atoms with Gasteiger partial charge in [-0.1, -0.05) is 0 Å². The molecule has 4 nitrogen and oxygen atoms in total. The maximum Gasteiger partial charge on any atom is 0.265 e. The normalized spacial score (nSPS) is 10.3. The van der Waals surface area contributed by atoms with Crippen LogP contribution in [0.3, 0.4) is 0 Å². The van der Waals surface area contributed by atoms with Crippen molar-refractivity contribution in [1.82, 2.24) is 4.90 Å². The SMILES string of the molecule is CN(C)C(=O)c1ccc(NC(=O)c2cc(Br)c(Br)s2)cc1. The third-order valence-electron chi connectivity index (χ3n) is 2.66. The van der Waals surface area contributed by atoms with E-state index in [1.54, 1.807) is 44.4 Å². The van der Waals surface area contributed by atoms with E-state index in [1.807, 2.05) is 0 Å². The molecule has 0 aliphatic heterocycles. The standard InChI is InChI=1S/C14H12Br2N2O2S/c1-18(2)14(20)8-3-5-9(6-4-8)17-13(19)11-7-10(15)12(16)21-11/h3-7H,1-2H3,(H,17,19). The van der Waals surface area contributed by atoms with Crippen LogP contribution in [0.5, 0.6) is 0 Å². The zero-order chi connectivity index (χ0) is 15.6. The molecule has 0 saturated carbocycles. The summed E-state index contributed by atoms with van der Waals surface area (Å²) in [6, 6.07) is 8.57. The number of carbonyl (C=O) groups is 2. The average Bonchev–Trinajstić information content (AvgIpc) is 2.79. The van der Waals surface area contributed by atoms with Gasteiger partial charge in [-0.3, -0.25) is 9.59 Å². The molecule has 0 saturated heterocycles. The summed E-state index contributed by atoms with van der Waals surface area (Å²) in [6.07, 6.45) is 0. The Kier molecular flexibility index (Phi) is 5.18. The molecule has 110 valence electrons. The van der Waals surface area contributed by atoms with Crippen molar-refractivity contribution in [3.63, 3.8) is 0 Å². The molecular formula is C14H12Br2N2O2S. The lowest BCUT2D eigenvalue weighted by molar-refractivity contribution is 0.0827. The van der Waals surface area contributed by atoms with Crippen molar-refractivity contribution in [1.29, 1.82) is 0 Å². The fourth-order valence-electron chi connectivity index (χ4n) is 1.61. The molecule has 0 spiro atoms. The number of nitrogens with zero attached hydrogens (tertiary/aromatic N) is 1. The molecule has 1 heterocycles. The van der Waals surface area contributed by atoms with Gasteiger partial charge in [-0.15, -0.1) is 11.3 Å². The molecule has 2 aromatic rings. The van der Waals surface area contributed by atoms with Crippen LogP contribution in [0.25, 0.3) is 0 Å². The maximum absolute atomic E-state index is 12.1. The summed E-state index contributed by atoms with van der Waals surface area (Å²) in [7, 11) is 3.40. The van der Waals surface area contributed by atoms with E-state index >= 15 is 0 Å². The quantitative estimate of drug-likeness (QED) is 0.790. The fraction of sp³-hybridized carbons (Fsp3) is 0.143. The largest absolute Gasteiger partial charge is 0.345 e. The molecule has 0 fully saturated rings. The Morgan fingerprint density at radius 1 is 1.14 bits per heavy atom. The van der Waals surface area contributed by atoms with Gasteiger partial charge >= 0.3 is 0 Å². The molecule has 0 aliphatic carbocycles. The molecule has 7 heteroatoms. The first-order valence-electron chi connectivity index (χ1n) is 5.96. The average molecular weight is 432 g/mol. The molecule has 0 bridgehead atoms. The van der Waals surface area contributed by atoms with Crippen molar-refractivity contribution in [2.75, 3.05) is 19.4 Å². The second-order valence-electron chi connectivity index (χ2n) is 4.46. The number of anilines is 1. The van der Waals surface area contributed by atoms with E-state index in [2.05, 4.69) is 37.2 Å². The molecule has 2 rings (SSSR count). The number of hydrogen-bond acceptors (Lipinski definition) is 3. The Hall–Kier alpha value is -1.18. The predicted octanol–water partition coefficient (Wildman–Crippen LogP) is 4.23. The molecular weight excluding hydrogens is 420 g/mol. The Morgan fingerprint density at radius 3 is 2.24 bits per heavy atom. The van der Waals surface area contributed by atoms with Crippen LogP contribution in [-0.4, -0.2) is 30.8 Å². The van der Waals surface area contributed by atoms with E-state index in [9.17, 15) is 9.59 Å². The lowest BCUT2D eigenvalue weighted by Gasteiger charge is -2.10. The Labute approximate surface area is 143 Å². The van der Waals surface area contributed by atoms with Crippen LogP contribution < -0.4 is 5.32 Å². The second kappa shape index (κ2) is 6.72. The van der Waals surface area contributed by atoms with E-state index in [0.29, 0.717) is 16.1 Å². The zero-order valence-electron chi connectivity index (χ0n) is 11.3. The maximum atomic E-state index is 12.1. The van der Waals surface area contributed by atoms with Crippen molar-refractivity contribution >= 4 is 60.7 Å². The van der Waals surface area contributed by atoms with Crippen molar-refractivity contribution in [2.45, 2.75) is 0 Å². The lowest BCUT2D eigenvalue weighted by atomic mass is 10.2. The minimum atomic E-state index is -0.182. The van der Waals surface area contributed by atoms with Crippen LogP contribution in [0.4, 0.5) is 5.69 Å². The molecule has 2 amide bonds. The molecule has 0 radical (unpaired) electrons.